The highest BCUT2D eigenvalue weighted by molar-refractivity contribution is 7.92. The number of pyridine rings is 1. The van der Waals surface area contributed by atoms with Gasteiger partial charge in [0.05, 0.1) is 11.4 Å². The molecule has 106 valence electrons. The molecule has 1 aromatic carbocycles. The van der Waals surface area contributed by atoms with Crippen molar-refractivity contribution in [2.45, 2.75) is 18.4 Å². The number of benzene rings is 1. The average molecular weight is 291 g/mol. The number of aromatic nitrogens is 1. The van der Waals surface area contributed by atoms with E-state index in [9.17, 15) is 8.42 Å². The first-order valence-electron chi connectivity index (χ1n) is 6.25. The molecule has 0 atom stereocenters. The standard InChI is InChI=1S/C14H17N3O2S/c1-3-11-6-8-12(9-7-11)17(2)20(18,19)14-13(15)5-4-10-16-14/h4-10H,3,15H2,1-2H3. The van der Waals surface area contributed by atoms with Crippen LogP contribution in [-0.4, -0.2) is 20.4 Å². The third kappa shape index (κ3) is 2.60. The van der Waals surface area contributed by atoms with Gasteiger partial charge in [0.1, 0.15) is 0 Å². The SMILES string of the molecule is CCc1ccc(N(C)S(=O)(=O)c2ncccc2N)cc1. The summed E-state index contributed by atoms with van der Waals surface area (Å²) in [5.74, 6) is 0. The van der Waals surface area contributed by atoms with E-state index >= 15 is 0 Å². The van der Waals surface area contributed by atoms with Crippen LogP contribution >= 0.6 is 0 Å². The zero-order valence-electron chi connectivity index (χ0n) is 11.4. The lowest BCUT2D eigenvalue weighted by Crippen LogP contribution is -2.28. The number of hydrogen-bond donors (Lipinski definition) is 1. The third-order valence-corrected chi connectivity index (χ3v) is 4.88. The molecule has 1 heterocycles. The summed E-state index contributed by atoms with van der Waals surface area (Å²) >= 11 is 0. The van der Waals surface area contributed by atoms with Crippen molar-refractivity contribution in [3.8, 4) is 0 Å². The van der Waals surface area contributed by atoms with Gasteiger partial charge < -0.3 is 5.73 Å². The molecule has 20 heavy (non-hydrogen) atoms. The maximum Gasteiger partial charge on any atom is 0.283 e. The fraction of sp³-hybridized carbons (Fsp3) is 0.214. The lowest BCUT2D eigenvalue weighted by Gasteiger charge is -2.19. The number of hydrogen-bond acceptors (Lipinski definition) is 4. The Hall–Kier alpha value is -2.08. The molecule has 2 rings (SSSR count). The fourth-order valence-electron chi connectivity index (χ4n) is 1.83. The molecular weight excluding hydrogens is 274 g/mol. The summed E-state index contributed by atoms with van der Waals surface area (Å²) in [7, 11) is -2.25. The summed E-state index contributed by atoms with van der Waals surface area (Å²) in [6, 6.07) is 10.5. The highest BCUT2D eigenvalue weighted by Gasteiger charge is 2.24. The molecule has 0 unspecified atom stereocenters. The molecular formula is C14H17N3O2S. The van der Waals surface area contributed by atoms with Crippen molar-refractivity contribution in [1.29, 1.82) is 0 Å². The normalized spacial score (nSPS) is 11.3. The van der Waals surface area contributed by atoms with Crippen molar-refractivity contribution >= 4 is 21.4 Å². The van der Waals surface area contributed by atoms with Crippen molar-refractivity contribution in [3.63, 3.8) is 0 Å². The summed E-state index contributed by atoms with van der Waals surface area (Å²) in [6.07, 6.45) is 2.32. The highest BCUT2D eigenvalue weighted by Crippen LogP contribution is 2.24. The molecule has 5 nitrogen and oxygen atoms in total. The van der Waals surface area contributed by atoms with Gasteiger partial charge in [-0.25, -0.2) is 4.98 Å². The Morgan fingerprint density at radius 3 is 2.40 bits per heavy atom. The van der Waals surface area contributed by atoms with Gasteiger partial charge in [-0.15, -0.1) is 0 Å². The van der Waals surface area contributed by atoms with Crippen LogP contribution in [0, 0.1) is 0 Å². The van der Waals surface area contributed by atoms with Crippen molar-refractivity contribution in [1.82, 2.24) is 4.98 Å². The van der Waals surface area contributed by atoms with E-state index in [-0.39, 0.29) is 10.7 Å². The molecule has 0 fully saturated rings. The summed E-state index contributed by atoms with van der Waals surface area (Å²) in [4.78, 5) is 3.88. The first kappa shape index (κ1) is 14.3. The molecule has 2 N–H and O–H groups in total. The number of anilines is 2. The topological polar surface area (TPSA) is 76.3 Å². The zero-order valence-corrected chi connectivity index (χ0v) is 12.3. The summed E-state index contributed by atoms with van der Waals surface area (Å²) in [6.45, 7) is 2.05. The van der Waals surface area contributed by atoms with Crippen molar-refractivity contribution < 1.29 is 8.42 Å². The van der Waals surface area contributed by atoms with Crippen LogP contribution in [0.15, 0.2) is 47.6 Å². The van der Waals surface area contributed by atoms with Gasteiger partial charge >= 0.3 is 0 Å². The number of nitrogens with zero attached hydrogens (tertiary/aromatic N) is 2. The van der Waals surface area contributed by atoms with Gasteiger partial charge in [0.15, 0.2) is 5.03 Å². The van der Waals surface area contributed by atoms with E-state index in [1.165, 1.54) is 23.6 Å². The van der Waals surface area contributed by atoms with Crippen LogP contribution in [0.5, 0.6) is 0 Å². The second kappa shape index (κ2) is 5.50. The number of nitrogen functional groups attached to an aromatic ring is 1. The third-order valence-electron chi connectivity index (χ3n) is 3.11. The Bertz CT molecular complexity index is 697. The number of sulfonamides is 1. The Balaban J connectivity index is 2.41. The molecule has 6 heteroatoms. The van der Waals surface area contributed by atoms with Crippen LogP contribution in [0.1, 0.15) is 12.5 Å². The van der Waals surface area contributed by atoms with Crippen LogP contribution in [0.4, 0.5) is 11.4 Å². The van der Waals surface area contributed by atoms with Gasteiger partial charge in [0, 0.05) is 13.2 Å². The van der Waals surface area contributed by atoms with E-state index in [4.69, 9.17) is 5.73 Å². The summed E-state index contributed by atoms with van der Waals surface area (Å²) in [5, 5.41) is -0.123. The Kier molecular flexibility index (Phi) is 3.94. The van der Waals surface area contributed by atoms with E-state index in [1.807, 2.05) is 19.1 Å². The predicted molar refractivity (Wildman–Crippen MR) is 80.1 cm³/mol. The average Bonchev–Trinajstić information content (AvgIpc) is 2.47. The molecule has 1 aromatic heterocycles. The fourth-order valence-corrected chi connectivity index (χ4v) is 3.05. The predicted octanol–water partition coefficient (Wildman–Crippen LogP) is 2.05. The van der Waals surface area contributed by atoms with E-state index in [2.05, 4.69) is 4.98 Å². The molecule has 0 spiro atoms. The largest absolute Gasteiger partial charge is 0.396 e. The van der Waals surface area contributed by atoms with Crippen molar-refractivity contribution in [3.05, 3.63) is 48.2 Å². The van der Waals surface area contributed by atoms with Crippen LogP contribution in [-0.2, 0) is 16.4 Å². The second-order valence-corrected chi connectivity index (χ2v) is 6.27. The Labute approximate surface area is 119 Å². The molecule has 0 aliphatic carbocycles. The minimum Gasteiger partial charge on any atom is -0.396 e. The van der Waals surface area contributed by atoms with Crippen LogP contribution in [0.2, 0.25) is 0 Å². The lowest BCUT2D eigenvalue weighted by molar-refractivity contribution is 0.591. The monoisotopic (exact) mass is 291 g/mol. The molecule has 0 aliphatic heterocycles. The highest BCUT2D eigenvalue weighted by atomic mass is 32.2. The minimum absolute atomic E-state index is 0.123. The van der Waals surface area contributed by atoms with E-state index < -0.39 is 10.0 Å². The van der Waals surface area contributed by atoms with Gasteiger partial charge in [0.25, 0.3) is 10.0 Å². The summed E-state index contributed by atoms with van der Waals surface area (Å²) in [5.41, 5.74) is 7.57. The smallest absolute Gasteiger partial charge is 0.283 e. The number of nitrogens with two attached hydrogens (primary N) is 1. The van der Waals surface area contributed by atoms with E-state index in [1.54, 1.807) is 18.2 Å². The molecule has 0 bridgehead atoms. The molecule has 0 radical (unpaired) electrons. The van der Waals surface area contributed by atoms with Gasteiger partial charge in [-0.1, -0.05) is 19.1 Å². The molecule has 2 aromatic rings. The molecule has 0 amide bonds. The van der Waals surface area contributed by atoms with Crippen molar-refractivity contribution in [2.75, 3.05) is 17.1 Å². The van der Waals surface area contributed by atoms with E-state index in [0.717, 1.165) is 12.0 Å². The van der Waals surface area contributed by atoms with Gasteiger partial charge in [0.2, 0.25) is 0 Å². The van der Waals surface area contributed by atoms with Crippen LogP contribution in [0.25, 0.3) is 0 Å². The lowest BCUT2D eigenvalue weighted by atomic mass is 10.1. The Morgan fingerprint density at radius 1 is 1.20 bits per heavy atom. The minimum atomic E-state index is -3.75. The molecule has 0 saturated carbocycles. The van der Waals surface area contributed by atoms with Crippen LogP contribution in [0.3, 0.4) is 0 Å². The van der Waals surface area contributed by atoms with Crippen molar-refractivity contribution in [2.24, 2.45) is 0 Å². The molecule has 0 aliphatic rings. The number of aryl methyl sites for hydroxylation is 1. The maximum absolute atomic E-state index is 12.5. The zero-order chi connectivity index (χ0) is 14.8. The number of rotatable bonds is 4. The van der Waals surface area contributed by atoms with E-state index in [0.29, 0.717) is 5.69 Å². The van der Waals surface area contributed by atoms with Crippen LogP contribution < -0.4 is 10.0 Å². The first-order chi connectivity index (χ1) is 9.46. The Morgan fingerprint density at radius 2 is 1.85 bits per heavy atom. The molecule has 0 saturated heterocycles. The first-order valence-corrected chi connectivity index (χ1v) is 7.69. The summed E-state index contributed by atoms with van der Waals surface area (Å²) < 4.78 is 26.2. The quantitative estimate of drug-likeness (QED) is 0.935. The van der Waals surface area contributed by atoms with Gasteiger partial charge in [-0.2, -0.15) is 8.42 Å². The maximum atomic E-state index is 12.5. The van der Waals surface area contributed by atoms with Gasteiger partial charge in [-0.05, 0) is 36.2 Å². The van der Waals surface area contributed by atoms with Gasteiger partial charge in [-0.3, -0.25) is 4.31 Å². The second-order valence-electron chi connectivity index (χ2n) is 4.39.